The van der Waals surface area contributed by atoms with Crippen LogP contribution in [-0.4, -0.2) is 22.0 Å². The highest BCUT2D eigenvalue weighted by Gasteiger charge is 2.06. The fraction of sp³-hybridized carbons (Fsp3) is 0.333. The summed E-state index contributed by atoms with van der Waals surface area (Å²) < 4.78 is 7.24. The average Bonchev–Trinajstić information content (AvgIpc) is 2.77. The lowest BCUT2D eigenvalue weighted by molar-refractivity contribution is 0.217. The van der Waals surface area contributed by atoms with Crippen molar-refractivity contribution in [2.45, 2.75) is 33.3 Å². The Morgan fingerprint density at radius 2 is 2.29 bits per heavy atom. The smallest absolute Gasteiger partial charge is 0.221 e. The van der Waals surface area contributed by atoms with Crippen LogP contribution >= 0.6 is 11.6 Å². The predicted octanol–water partition coefficient (Wildman–Crippen LogP) is 3.49. The Balaban J connectivity index is 2.15. The van der Waals surface area contributed by atoms with E-state index in [4.69, 9.17) is 22.1 Å². The fourth-order valence-corrected chi connectivity index (χ4v) is 1.95. The molecule has 0 spiro atoms. The SMILES string of the molecule is CCC(C)Oc1ccc(C=Nn2cc(C)nc2N)cc1Cl. The van der Waals surface area contributed by atoms with Crippen molar-refractivity contribution >= 4 is 23.8 Å². The molecule has 0 saturated carbocycles. The molecule has 2 N–H and O–H groups in total. The zero-order valence-corrected chi connectivity index (χ0v) is 13.1. The summed E-state index contributed by atoms with van der Waals surface area (Å²) >= 11 is 6.22. The highest BCUT2D eigenvalue weighted by atomic mass is 35.5. The summed E-state index contributed by atoms with van der Waals surface area (Å²) in [4.78, 5) is 4.08. The van der Waals surface area contributed by atoms with E-state index in [2.05, 4.69) is 17.0 Å². The quantitative estimate of drug-likeness (QED) is 0.860. The third-order valence-electron chi connectivity index (χ3n) is 3.02. The molecule has 0 aliphatic rings. The standard InChI is InChI=1S/C15H19ClN4O/c1-4-11(3)21-14-6-5-12(7-13(14)16)8-18-20-9-10(2)19-15(20)17/h5-9,11H,4H2,1-3H3,(H2,17,19). The van der Waals surface area contributed by atoms with Crippen LogP contribution in [0.1, 0.15) is 31.5 Å². The molecule has 0 aliphatic heterocycles. The predicted molar refractivity (Wildman–Crippen MR) is 86.2 cm³/mol. The van der Waals surface area contributed by atoms with Gasteiger partial charge in [0.1, 0.15) is 5.75 Å². The Labute approximate surface area is 129 Å². The summed E-state index contributed by atoms with van der Waals surface area (Å²) in [5.74, 6) is 1.03. The van der Waals surface area contributed by atoms with Crippen molar-refractivity contribution in [3.63, 3.8) is 0 Å². The van der Waals surface area contributed by atoms with Gasteiger partial charge in [0.2, 0.25) is 5.95 Å². The second-order valence-corrected chi connectivity index (χ2v) is 5.26. The van der Waals surface area contributed by atoms with E-state index in [9.17, 15) is 0 Å². The molecule has 6 heteroatoms. The zero-order valence-electron chi connectivity index (χ0n) is 12.4. The van der Waals surface area contributed by atoms with Gasteiger partial charge in [-0.2, -0.15) is 5.10 Å². The lowest BCUT2D eigenvalue weighted by atomic mass is 10.2. The number of ether oxygens (including phenoxy) is 1. The van der Waals surface area contributed by atoms with Crippen LogP contribution in [0.15, 0.2) is 29.5 Å². The maximum absolute atomic E-state index is 6.22. The number of hydrogen-bond acceptors (Lipinski definition) is 4. The fourth-order valence-electron chi connectivity index (χ4n) is 1.72. The first-order chi connectivity index (χ1) is 9.99. The molecule has 112 valence electrons. The van der Waals surface area contributed by atoms with Crippen LogP contribution in [0.2, 0.25) is 5.02 Å². The summed E-state index contributed by atoms with van der Waals surface area (Å²) in [6.45, 7) is 5.94. The van der Waals surface area contributed by atoms with Crippen molar-refractivity contribution in [1.29, 1.82) is 0 Å². The largest absolute Gasteiger partial charge is 0.489 e. The minimum absolute atomic E-state index is 0.135. The van der Waals surface area contributed by atoms with E-state index >= 15 is 0 Å². The first-order valence-corrected chi connectivity index (χ1v) is 7.19. The number of aromatic nitrogens is 2. The molecular weight excluding hydrogens is 288 g/mol. The molecule has 1 atom stereocenters. The minimum atomic E-state index is 0.135. The van der Waals surface area contributed by atoms with E-state index < -0.39 is 0 Å². The molecule has 1 aromatic carbocycles. The highest BCUT2D eigenvalue weighted by Crippen LogP contribution is 2.26. The van der Waals surface area contributed by atoms with Crippen molar-refractivity contribution in [1.82, 2.24) is 9.66 Å². The van der Waals surface area contributed by atoms with Crippen molar-refractivity contribution < 1.29 is 4.74 Å². The number of nitrogens with two attached hydrogens (primary N) is 1. The van der Waals surface area contributed by atoms with E-state index in [1.54, 1.807) is 12.4 Å². The molecule has 1 unspecified atom stereocenters. The third-order valence-corrected chi connectivity index (χ3v) is 3.32. The number of benzene rings is 1. The second-order valence-electron chi connectivity index (χ2n) is 4.86. The Morgan fingerprint density at radius 3 is 2.86 bits per heavy atom. The van der Waals surface area contributed by atoms with Crippen LogP contribution in [0.3, 0.4) is 0 Å². The van der Waals surface area contributed by atoms with Crippen LogP contribution < -0.4 is 10.5 Å². The van der Waals surface area contributed by atoms with E-state index in [-0.39, 0.29) is 6.10 Å². The van der Waals surface area contributed by atoms with Gasteiger partial charge in [-0.15, -0.1) is 0 Å². The van der Waals surface area contributed by atoms with Gasteiger partial charge in [-0.1, -0.05) is 18.5 Å². The highest BCUT2D eigenvalue weighted by molar-refractivity contribution is 6.32. The van der Waals surface area contributed by atoms with Crippen LogP contribution in [0, 0.1) is 6.92 Å². The Kier molecular flexibility index (Phi) is 4.85. The molecule has 21 heavy (non-hydrogen) atoms. The molecule has 0 aliphatic carbocycles. The third kappa shape index (κ3) is 3.98. The normalized spacial score (nSPS) is 12.8. The van der Waals surface area contributed by atoms with Crippen molar-refractivity contribution in [2.75, 3.05) is 5.73 Å². The summed E-state index contributed by atoms with van der Waals surface area (Å²) in [7, 11) is 0. The maximum Gasteiger partial charge on any atom is 0.221 e. The van der Waals surface area contributed by atoms with Gasteiger partial charge in [0, 0.05) is 0 Å². The zero-order chi connectivity index (χ0) is 15.4. The summed E-state index contributed by atoms with van der Waals surface area (Å²) in [6.07, 6.45) is 4.50. The summed E-state index contributed by atoms with van der Waals surface area (Å²) in [6, 6.07) is 5.55. The van der Waals surface area contributed by atoms with E-state index in [0.29, 0.717) is 16.7 Å². The minimum Gasteiger partial charge on any atom is -0.489 e. The molecule has 0 radical (unpaired) electrons. The van der Waals surface area contributed by atoms with Gasteiger partial charge >= 0.3 is 0 Å². The average molecular weight is 307 g/mol. The Hall–Kier alpha value is -2.01. The summed E-state index contributed by atoms with van der Waals surface area (Å²) in [5, 5.41) is 4.81. The molecule has 0 saturated heterocycles. The number of halogens is 1. The van der Waals surface area contributed by atoms with Gasteiger partial charge in [-0.25, -0.2) is 9.66 Å². The van der Waals surface area contributed by atoms with Crippen LogP contribution in [0.5, 0.6) is 5.75 Å². The number of nitrogens with zero attached hydrogens (tertiary/aromatic N) is 3. The lowest BCUT2D eigenvalue weighted by Gasteiger charge is -2.13. The molecule has 0 bridgehead atoms. The lowest BCUT2D eigenvalue weighted by Crippen LogP contribution is -2.10. The first-order valence-electron chi connectivity index (χ1n) is 6.81. The number of aryl methyl sites for hydroxylation is 1. The number of hydrogen-bond donors (Lipinski definition) is 1. The van der Waals surface area contributed by atoms with Crippen molar-refractivity contribution in [3.05, 3.63) is 40.7 Å². The number of nitrogen functional groups attached to an aromatic ring is 1. The second kappa shape index (κ2) is 6.63. The van der Waals surface area contributed by atoms with Gasteiger partial charge in [0.15, 0.2) is 0 Å². The summed E-state index contributed by atoms with van der Waals surface area (Å²) in [5.41, 5.74) is 7.40. The van der Waals surface area contributed by atoms with E-state index in [0.717, 1.165) is 17.7 Å². The van der Waals surface area contributed by atoms with Crippen molar-refractivity contribution in [2.24, 2.45) is 5.10 Å². The Bertz CT molecular complexity index is 651. The number of rotatable bonds is 5. The molecule has 1 aromatic heterocycles. The van der Waals surface area contributed by atoms with E-state index in [1.165, 1.54) is 4.68 Å². The number of anilines is 1. The molecule has 0 fully saturated rings. The molecule has 0 amide bonds. The first kappa shape index (κ1) is 15.4. The van der Waals surface area contributed by atoms with Gasteiger partial charge in [0.25, 0.3) is 0 Å². The van der Waals surface area contributed by atoms with Gasteiger partial charge in [-0.05, 0) is 44.0 Å². The Morgan fingerprint density at radius 1 is 1.52 bits per heavy atom. The van der Waals surface area contributed by atoms with Crippen LogP contribution in [0.4, 0.5) is 5.95 Å². The monoisotopic (exact) mass is 306 g/mol. The van der Waals surface area contributed by atoms with E-state index in [1.807, 2.05) is 32.0 Å². The molecule has 2 aromatic rings. The molecule has 5 nitrogen and oxygen atoms in total. The van der Waals surface area contributed by atoms with Crippen molar-refractivity contribution in [3.8, 4) is 5.75 Å². The van der Waals surface area contributed by atoms with Gasteiger partial charge < -0.3 is 10.5 Å². The molecular formula is C15H19ClN4O. The number of imidazole rings is 1. The van der Waals surface area contributed by atoms with Crippen LogP contribution in [0.25, 0.3) is 0 Å². The molecule has 1 heterocycles. The molecule has 2 rings (SSSR count). The topological polar surface area (TPSA) is 65.4 Å². The van der Waals surface area contributed by atoms with Gasteiger partial charge in [-0.3, -0.25) is 0 Å². The maximum atomic E-state index is 6.22. The van der Waals surface area contributed by atoms with Crippen LogP contribution in [-0.2, 0) is 0 Å². The van der Waals surface area contributed by atoms with Gasteiger partial charge in [0.05, 0.1) is 29.2 Å².